The molecule has 0 bridgehead atoms. The third-order valence-corrected chi connectivity index (χ3v) is 2.18. The van der Waals surface area contributed by atoms with Gasteiger partial charge in [-0.2, -0.15) is 18.2 Å². The van der Waals surface area contributed by atoms with Crippen LogP contribution in [-0.4, -0.2) is 23.5 Å². The van der Waals surface area contributed by atoms with Crippen LogP contribution in [0.4, 0.5) is 17.6 Å². The smallest absolute Gasteiger partial charge is 0.408 e. The number of aliphatic imine (C=N–C) groups is 2. The quantitative estimate of drug-likeness (QED) is 0.372. The molecule has 0 aliphatic rings. The molecule has 2 N–H and O–H groups in total. The first kappa shape index (κ1) is 16.7. The van der Waals surface area contributed by atoms with Crippen LogP contribution in [0, 0.1) is 5.82 Å². The van der Waals surface area contributed by atoms with Crippen molar-refractivity contribution in [1.82, 2.24) is 0 Å². The van der Waals surface area contributed by atoms with Gasteiger partial charge in [-0.05, 0) is 28.1 Å². The van der Waals surface area contributed by atoms with Crippen LogP contribution >= 0.6 is 27.5 Å². The van der Waals surface area contributed by atoms with E-state index in [9.17, 15) is 17.6 Å². The summed E-state index contributed by atoms with van der Waals surface area (Å²) in [6.45, 7) is -1.55. The lowest BCUT2D eigenvalue weighted by atomic mass is 10.3. The van der Waals surface area contributed by atoms with E-state index in [0.717, 1.165) is 6.07 Å². The summed E-state index contributed by atoms with van der Waals surface area (Å²) in [4.78, 5) is 6.44. The van der Waals surface area contributed by atoms with Gasteiger partial charge in [0.25, 0.3) is 0 Å². The fraction of sp³-hybridized carbons (Fsp3) is 0.200. The molecule has 0 saturated carbocycles. The molecule has 0 radical (unpaired) electrons. The highest BCUT2D eigenvalue weighted by Gasteiger charge is 2.27. The van der Waals surface area contributed by atoms with Crippen LogP contribution in [0.25, 0.3) is 0 Å². The van der Waals surface area contributed by atoms with Crippen molar-refractivity contribution >= 4 is 38.3 Å². The van der Waals surface area contributed by atoms with Crippen molar-refractivity contribution in [3.8, 4) is 5.75 Å². The number of hydrogen-bond donors (Lipinski definition) is 1. The van der Waals surface area contributed by atoms with Crippen LogP contribution in [0.5, 0.6) is 5.75 Å². The Hall–Kier alpha value is -1.35. The predicted octanol–water partition coefficient (Wildman–Crippen LogP) is 3.49. The van der Waals surface area contributed by atoms with Crippen LogP contribution in [0.15, 0.2) is 28.2 Å². The van der Waals surface area contributed by atoms with Crippen LogP contribution in [0.1, 0.15) is 0 Å². The third kappa shape index (κ3) is 5.74. The number of hydrogen-bond acceptors (Lipinski definition) is 2. The largest absolute Gasteiger partial charge is 0.421 e. The number of nitrogens with two attached hydrogens (primary N) is 1. The zero-order valence-electron chi connectivity index (χ0n) is 9.59. The third-order valence-electron chi connectivity index (χ3n) is 1.71. The molecule has 20 heavy (non-hydrogen) atoms. The minimum atomic E-state index is -4.56. The summed E-state index contributed by atoms with van der Waals surface area (Å²) < 4.78 is 54.4. The highest BCUT2D eigenvalue weighted by Crippen LogP contribution is 2.24. The van der Waals surface area contributed by atoms with Crippen LogP contribution in [-0.2, 0) is 0 Å². The molecule has 0 heterocycles. The molecular weight excluding hydrogens is 369 g/mol. The maximum absolute atomic E-state index is 13.5. The molecule has 10 heteroatoms. The minimum absolute atomic E-state index is 0.256. The lowest BCUT2D eigenvalue weighted by Crippen LogP contribution is -2.18. The van der Waals surface area contributed by atoms with Gasteiger partial charge >= 0.3 is 12.2 Å². The van der Waals surface area contributed by atoms with E-state index in [2.05, 4.69) is 25.9 Å². The Morgan fingerprint density at radius 1 is 1.40 bits per heavy atom. The molecule has 1 aromatic rings. The molecule has 0 spiro atoms. The molecule has 110 valence electrons. The van der Waals surface area contributed by atoms with Crippen LogP contribution in [0.3, 0.4) is 0 Å². The van der Waals surface area contributed by atoms with Crippen molar-refractivity contribution in [3.05, 3.63) is 29.0 Å². The Balaban J connectivity index is 3.02. The number of ether oxygens (including phenoxy) is 1. The number of nitrogens with zero attached hydrogens (tertiary/aromatic N) is 2. The molecule has 0 atom stereocenters. The van der Waals surface area contributed by atoms with Gasteiger partial charge in [0.2, 0.25) is 0 Å². The Labute approximate surface area is 124 Å². The molecular formula is C10H7BrClF4N3O. The van der Waals surface area contributed by atoms with Crippen molar-refractivity contribution in [3.63, 3.8) is 0 Å². The maximum Gasteiger partial charge on any atom is 0.408 e. The second kappa shape index (κ2) is 6.89. The number of amidine groups is 2. The Morgan fingerprint density at radius 3 is 2.60 bits per heavy atom. The van der Waals surface area contributed by atoms with Crippen LogP contribution in [0.2, 0.25) is 5.02 Å². The molecule has 1 rings (SSSR count). The Kier molecular flexibility index (Phi) is 5.75. The molecule has 4 nitrogen and oxygen atoms in total. The number of rotatable bonds is 2. The van der Waals surface area contributed by atoms with Gasteiger partial charge in [-0.15, -0.1) is 0 Å². The highest BCUT2D eigenvalue weighted by molar-refractivity contribution is 9.18. The van der Waals surface area contributed by atoms with E-state index in [1.54, 1.807) is 0 Å². The second-order valence-electron chi connectivity index (χ2n) is 3.30. The lowest BCUT2D eigenvalue weighted by Gasteiger charge is -2.08. The summed E-state index contributed by atoms with van der Waals surface area (Å²) in [5, 5.41) is -0.256. The van der Waals surface area contributed by atoms with Gasteiger partial charge in [-0.1, -0.05) is 17.7 Å². The molecule has 0 unspecified atom stereocenters. The Morgan fingerprint density at radius 2 is 2.05 bits per heavy atom. The lowest BCUT2D eigenvalue weighted by molar-refractivity contribution is -0.118. The molecule has 0 amide bonds. The highest BCUT2D eigenvalue weighted by atomic mass is 79.9. The molecule has 1 aromatic carbocycles. The van der Waals surface area contributed by atoms with Gasteiger partial charge < -0.3 is 10.5 Å². The monoisotopic (exact) mass is 375 g/mol. The molecule has 0 saturated heterocycles. The Bertz CT molecular complexity index is 544. The average Bonchev–Trinajstić information content (AvgIpc) is 2.30. The van der Waals surface area contributed by atoms with E-state index in [1.807, 2.05) is 0 Å². The summed E-state index contributed by atoms with van der Waals surface area (Å²) in [5.41, 5.74) is 5.16. The van der Waals surface area contributed by atoms with E-state index >= 15 is 0 Å². The van der Waals surface area contributed by atoms with E-state index in [4.69, 9.17) is 22.1 Å². The average molecular weight is 377 g/mol. The zero-order chi connectivity index (χ0) is 15.3. The fourth-order valence-electron chi connectivity index (χ4n) is 1.00. The number of alkyl halides is 3. The predicted molar refractivity (Wildman–Crippen MR) is 70.9 cm³/mol. The van der Waals surface area contributed by atoms with Crippen molar-refractivity contribution < 1.29 is 22.3 Å². The number of halogens is 6. The molecule has 0 aliphatic heterocycles. The van der Waals surface area contributed by atoms with Gasteiger partial charge in [-0.25, -0.2) is 9.38 Å². The SMILES string of the molecule is N/C(Br)=N\C(=NCC(F)(F)F)Oc1cccc(Cl)c1F. The van der Waals surface area contributed by atoms with Crippen LogP contribution < -0.4 is 10.5 Å². The standard InChI is InChI=1S/C10H7BrClF4N3O/c11-8(17)19-9(18-4-10(14,15)16)20-6-3-1-2-5(12)7(6)13/h1-3H,4H2,(H2,17,18,19). The van der Waals surface area contributed by atoms with Crippen molar-refractivity contribution in [1.29, 1.82) is 0 Å². The first-order valence-electron chi connectivity index (χ1n) is 4.92. The minimum Gasteiger partial charge on any atom is -0.421 e. The van der Waals surface area contributed by atoms with Crippen molar-refractivity contribution in [2.45, 2.75) is 6.18 Å². The number of benzene rings is 1. The molecule has 0 aliphatic carbocycles. The van der Waals surface area contributed by atoms with Crippen molar-refractivity contribution in [2.75, 3.05) is 6.54 Å². The topological polar surface area (TPSA) is 60.0 Å². The van der Waals surface area contributed by atoms with E-state index in [0.29, 0.717) is 0 Å². The van der Waals surface area contributed by atoms with Gasteiger partial charge in [0.05, 0.1) is 5.02 Å². The van der Waals surface area contributed by atoms with E-state index in [1.165, 1.54) is 12.1 Å². The van der Waals surface area contributed by atoms with Gasteiger partial charge in [0, 0.05) is 0 Å². The molecule has 0 fully saturated rings. The summed E-state index contributed by atoms with van der Waals surface area (Å²) in [7, 11) is 0. The summed E-state index contributed by atoms with van der Waals surface area (Å²) in [6.07, 6.45) is -4.56. The van der Waals surface area contributed by atoms with Gasteiger partial charge in [-0.3, -0.25) is 0 Å². The first-order chi connectivity index (χ1) is 9.19. The summed E-state index contributed by atoms with van der Waals surface area (Å²) in [5.74, 6) is -1.37. The normalized spacial score (nSPS) is 13.5. The molecule has 0 aromatic heterocycles. The maximum atomic E-state index is 13.5. The van der Waals surface area contributed by atoms with Gasteiger partial charge in [0.1, 0.15) is 6.54 Å². The fourth-order valence-corrected chi connectivity index (χ4v) is 1.32. The van der Waals surface area contributed by atoms with E-state index in [-0.39, 0.29) is 9.77 Å². The first-order valence-corrected chi connectivity index (χ1v) is 6.09. The van der Waals surface area contributed by atoms with Gasteiger partial charge in [0.15, 0.2) is 16.3 Å². The van der Waals surface area contributed by atoms with E-state index < -0.39 is 30.3 Å². The summed E-state index contributed by atoms with van der Waals surface area (Å²) in [6, 6.07) is 3.00. The van der Waals surface area contributed by atoms with Crippen molar-refractivity contribution in [2.24, 2.45) is 15.7 Å². The summed E-state index contributed by atoms with van der Waals surface area (Å²) >= 11 is 8.22. The zero-order valence-corrected chi connectivity index (χ0v) is 11.9. The second-order valence-corrected chi connectivity index (χ2v) is 4.52.